The van der Waals surface area contributed by atoms with E-state index in [0.717, 1.165) is 36.3 Å². The number of carbonyl (C=O) groups excluding carboxylic acids is 5. The van der Waals surface area contributed by atoms with E-state index in [1.165, 1.54) is 23.1 Å². The molecule has 5 aliphatic rings. The fraction of sp³-hybridized carbons (Fsp3) is 0.482. The first kappa shape index (κ1) is 53.6. The number of nitrogens with zero attached hydrogens (tertiary/aromatic N) is 4. The minimum absolute atomic E-state index is 0.0117. The molecule has 3 saturated heterocycles. The molecule has 19 heteroatoms. The van der Waals surface area contributed by atoms with Gasteiger partial charge in [-0.1, -0.05) is 36.4 Å². The maximum atomic E-state index is 15.1. The highest BCUT2D eigenvalue weighted by molar-refractivity contribution is 6.07. The molecule has 1 unspecified atom stereocenters. The molecule has 5 heterocycles. The predicted octanol–water partition coefficient (Wildman–Crippen LogP) is 4.86. The number of likely N-dealkylation sites (N-methyl/N-ethyl adjacent to an activating group) is 1. The van der Waals surface area contributed by atoms with Gasteiger partial charge in [0.15, 0.2) is 0 Å². The molecule has 0 aliphatic carbocycles. The van der Waals surface area contributed by atoms with Crippen LogP contribution < -0.4 is 31.5 Å². The van der Waals surface area contributed by atoms with E-state index in [9.17, 15) is 23.6 Å². The summed E-state index contributed by atoms with van der Waals surface area (Å²) in [6, 6.07) is 17.4. The maximum absolute atomic E-state index is 15.1. The highest BCUT2D eigenvalue weighted by Gasteiger charge is 2.49. The van der Waals surface area contributed by atoms with Crippen LogP contribution in [-0.4, -0.2) is 147 Å². The normalized spacial score (nSPS) is 24.0. The van der Waals surface area contributed by atoms with Crippen LogP contribution in [0.2, 0.25) is 0 Å². The van der Waals surface area contributed by atoms with Gasteiger partial charge < -0.3 is 45.9 Å². The van der Waals surface area contributed by atoms with E-state index in [2.05, 4.69) is 50.2 Å². The van der Waals surface area contributed by atoms with Crippen LogP contribution in [-0.2, 0) is 51.8 Å². The number of piperazine rings is 1. The third kappa shape index (κ3) is 11.6. The Morgan fingerprint density at radius 1 is 0.867 bits per heavy atom. The summed E-state index contributed by atoms with van der Waals surface area (Å²) in [5.74, 6) is -5.22. The van der Waals surface area contributed by atoms with Crippen molar-refractivity contribution in [3.05, 3.63) is 124 Å². The Bertz CT molecular complexity index is 2760. The van der Waals surface area contributed by atoms with Gasteiger partial charge in [0.2, 0.25) is 23.6 Å². The number of nitrogens with one attached hydrogen (secondary N) is 5. The summed E-state index contributed by atoms with van der Waals surface area (Å²) in [7, 11) is 1.62. The number of halogens is 3. The molecule has 3 fully saturated rings. The molecule has 16 nitrogen and oxygen atoms in total. The molecule has 0 spiro atoms. The number of hydrogen-bond acceptors (Lipinski definition) is 11. The SMILES string of the molecule is CN[C@@H](C)C(=O)N[C@H](C(=O)N1Cc2ccc(NC(=O)C3(C)CN(C(=O)CN4C[C@@H](C)NC[C@@H]4CN4CCOC[C@H]4C)c4cc(Cc5ccc(F)cc5)ccc43)cc2[C@H]1C(=O)Nc1c(F)cccc1F)C1CCOCC1. The highest BCUT2D eigenvalue weighted by atomic mass is 19.1. The molecule has 75 heavy (non-hydrogen) atoms. The molecule has 4 aromatic rings. The molecule has 4 aromatic carbocycles. The summed E-state index contributed by atoms with van der Waals surface area (Å²) in [5, 5.41) is 14.9. The lowest BCUT2D eigenvalue weighted by Crippen LogP contribution is -2.62. The van der Waals surface area contributed by atoms with Gasteiger partial charge in [-0.05, 0) is 130 Å². The third-order valence-electron chi connectivity index (χ3n) is 15.8. The number of ether oxygens (including phenoxy) is 2. The zero-order chi connectivity index (χ0) is 53.1. The quantitative estimate of drug-likeness (QED) is 0.110. The van der Waals surface area contributed by atoms with Crippen LogP contribution in [0.1, 0.15) is 74.4 Å². The summed E-state index contributed by atoms with van der Waals surface area (Å²) in [4.78, 5) is 80.5. The summed E-state index contributed by atoms with van der Waals surface area (Å²) in [6.45, 7) is 12.7. The lowest BCUT2D eigenvalue weighted by molar-refractivity contribution is -0.144. The van der Waals surface area contributed by atoms with Crippen molar-refractivity contribution in [2.75, 3.05) is 88.3 Å². The maximum Gasteiger partial charge on any atom is 0.252 e. The Balaban J connectivity index is 1.02. The Kier molecular flexibility index (Phi) is 16.4. The van der Waals surface area contributed by atoms with Crippen LogP contribution in [0.4, 0.5) is 30.2 Å². The fourth-order valence-electron chi connectivity index (χ4n) is 11.2. The lowest BCUT2D eigenvalue weighted by atomic mass is 9.82. The van der Waals surface area contributed by atoms with Gasteiger partial charge in [0, 0.05) is 82.0 Å². The minimum Gasteiger partial charge on any atom is -0.381 e. The average molecular weight is 1040 g/mol. The number of fused-ring (bicyclic) bond motifs is 2. The third-order valence-corrected chi connectivity index (χ3v) is 15.8. The van der Waals surface area contributed by atoms with Crippen molar-refractivity contribution in [1.82, 2.24) is 30.7 Å². The lowest BCUT2D eigenvalue weighted by Gasteiger charge is -2.43. The molecule has 0 bridgehead atoms. The molecule has 7 atom stereocenters. The second-order valence-corrected chi connectivity index (χ2v) is 21.0. The molecular formula is C56H68F3N9O7. The number of amides is 5. The average Bonchev–Trinajstić information content (AvgIpc) is 3.95. The van der Waals surface area contributed by atoms with Crippen LogP contribution >= 0.6 is 0 Å². The van der Waals surface area contributed by atoms with Gasteiger partial charge in [-0.3, -0.25) is 33.8 Å². The van der Waals surface area contributed by atoms with Crippen molar-refractivity contribution < 1.29 is 46.6 Å². The van der Waals surface area contributed by atoms with E-state index in [-0.39, 0.29) is 61.1 Å². The number of hydrogen-bond donors (Lipinski definition) is 5. The Labute approximate surface area is 436 Å². The van der Waals surface area contributed by atoms with Crippen LogP contribution in [0.5, 0.6) is 0 Å². The summed E-state index contributed by atoms with van der Waals surface area (Å²) >= 11 is 0. The zero-order valence-corrected chi connectivity index (χ0v) is 43.2. The van der Waals surface area contributed by atoms with E-state index >= 15 is 13.6 Å². The van der Waals surface area contributed by atoms with E-state index < -0.39 is 64.5 Å². The topological polar surface area (TPSA) is 177 Å². The van der Waals surface area contributed by atoms with Gasteiger partial charge >= 0.3 is 0 Å². The monoisotopic (exact) mass is 1040 g/mol. The Hall–Kier alpha value is -6.22. The first-order chi connectivity index (χ1) is 36.0. The molecular weight excluding hydrogens is 968 g/mol. The number of anilines is 3. The first-order valence-electron chi connectivity index (χ1n) is 26.0. The second kappa shape index (κ2) is 22.9. The summed E-state index contributed by atoms with van der Waals surface area (Å²) in [6.07, 6.45) is 1.38. The molecule has 5 aliphatic heterocycles. The summed E-state index contributed by atoms with van der Waals surface area (Å²) < 4.78 is 55.5. The molecule has 9 rings (SSSR count). The van der Waals surface area contributed by atoms with Gasteiger partial charge in [0.05, 0.1) is 31.2 Å². The van der Waals surface area contributed by atoms with Crippen molar-refractivity contribution >= 4 is 46.6 Å². The highest BCUT2D eigenvalue weighted by Crippen LogP contribution is 2.44. The van der Waals surface area contributed by atoms with Crippen LogP contribution in [0.25, 0.3) is 0 Å². The van der Waals surface area contributed by atoms with E-state index in [0.29, 0.717) is 81.2 Å². The van der Waals surface area contributed by atoms with Gasteiger partial charge in [0.25, 0.3) is 5.91 Å². The molecule has 0 radical (unpaired) electrons. The number of benzene rings is 4. The van der Waals surface area contributed by atoms with Gasteiger partial charge in [0.1, 0.15) is 35.2 Å². The molecule has 5 N–H and O–H groups in total. The van der Waals surface area contributed by atoms with Crippen LogP contribution in [0, 0.1) is 23.4 Å². The standard InChI is InChI=1S/C56H68F3N9O7/c1-33-27-66(42(26-61-33)29-65-19-22-75-31-34(65)2)30-48(69)68-32-56(4,44-16-11-37(24-47(44)68)23-36-9-13-40(57)14-10-36)55(73)62-41-15-12-39-28-67(51(43(39)25-41)53(71)64-50-45(58)7-6-8-46(50)59)54(72)49(38-17-20-74-21-18-38)63-52(70)35(3)60-5/h6-16,24-25,33-35,38,42,49,51,60-61H,17-23,26-32H2,1-5H3,(H,62,73)(H,63,70)(H,64,71)/t33-,34-,35+,42-,49+,51+,56?/m1/s1. The van der Waals surface area contributed by atoms with Crippen molar-refractivity contribution in [1.29, 1.82) is 0 Å². The van der Waals surface area contributed by atoms with Crippen molar-refractivity contribution in [2.24, 2.45) is 5.92 Å². The fourth-order valence-corrected chi connectivity index (χ4v) is 11.2. The van der Waals surface area contributed by atoms with Gasteiger partial charge in [-0.25, -0.2) is 13.2 Å². The van der Waals surface area contributed by atoms with Gasteiger partial charge in [-0.15, -0.1) is 0 Å². The van der Waals surface area contributed by atoms with Crippen molar-refractivity contribution in [3.63, 3.8) is 0 Å². The Morgan fingerprint density at radius 2 is 1.60 bits per heavy atom. The largest absolute Gasteiger partial charge is 0.381 e. The second-order valence-electron chi connectivity index (χ2n) is 21.0. The van der Waals surface area contributed by atoms with E-state index in [4.69, 9.17) is 9.47 Å². The number of morpholine rings is 1. The van der Waals surface area contributed by atoms with Crippen molar-refractivity contribution in [3.8, 4) is 0 Å². The molecule has 0 aromatic heterocycles. The number of rotatable bonds is 15. The van der Waals surface area contributed by atoms with E-state index in [1.54, 1.807) is 56.1 Å². The van der Waals surface area contributed by atoms with E-state index in [1.807, 2.05) is 18.2 Å². The van der Waals surface area contributed by atoms with Gasteiger partial charge in [-0.2, -0.15) is 0 Å². The van der Waals surface area contributed by atoms with Crippen LogP contribution in [0.15, 0.2) is 78.9 Å². The molecule has 400 valence electrons. The summed E-state index contributed by atoms with van der Waals surface area (Å²) in [5.41, 5.74) is 2.10. The molecule has 5 amide bonds. The number of carbonyl (C=O) groups is 5. The Morgan fingerprint density at radius 3 is 2.32 bits per heavy atom. The minimum atomic E-state index is -1.44. The predicted molar refractivity (Wildman–Crippen MR) is 277 cm³/mol. The number of para-hydroxylation sites is 1. The first-order valence-corrected chi connectivity index (χ1v) is 26.0. The van der Waals surface area contributed by atoms with Crippen molar-refractivity contribution in [2.45, 2.75) is 95.2 Å². The smallest absolute Gasteiger partial charge is 0.252 e. The zero-order valence-electron chi connectivity index (χ0n) is 43.2. The van der Waals surface area contributed by atoms with Crippen LogP contribution in [0.3, 0.4) is 0 Å². The molecule has 0 saturated carbocycles.